The number of hydrogen-bond donors (Lipinski definition) is 2. The first-order valence-corrected chi connectivity index (χ1v) is 7.70. The van der Waals surface area contributed by atoms with E-state index in [1.165, 1.54) is 6.33 Å². The van der Waals surface area contributed by atoms with E-state index in [-0.39, 0.29) is 30.7 Å². The summed E-state index contributed by atoms with van der Waals surface area (Å²) in [5.74, 6) is -0.0782. The summed E-state index contributed by atoms with van der Waals surface area (Å²) in [5.41, 5.74) is 1.13. The fourth-order valence-electron chi connectivity index (χ4n) is 2.79. The third-order valence-corrected chi connectivity index (χ3v) is 4.24. The lowest BCUT2D eigenvalue weighted by atomic mass is 9.91. The summed E-state index contributed by atoms with van der Waals surface area (Å²) in [6, 6.07) is 7.74. The first-order chi connectivity index (χ1) is 11.2. The van der Waals surface area contributed by atoms with E-state index in [1.807, 2.05) is 24.3 Å². The monoisotopic (exact) mass is 387 g/mol. The van der Waals surface area contributed by atoms with E-state index in [9.17, 15) is 4.79 Å². The van der Waals surface area contributed by atoms with Gasteiger partial charge in [0.25, 0.3) is 5.91 Å². The normalized spacial score (nSPS) is 15.6. The molecule has 0 bridgehead atoms. The van der Waals surface area contributed by atoms with Crippen molar-refractivity contribution < 1.29 is 9.53 Å². The summed E-state index contributed by atoms with van der Waals surface area (Å²) in [7, 11) is 1.60. The van der Waals surface area contributed by atoms with Crippen molar-refractivity contribution in [2.45, 2.75) is 25.0 Å². The molecule has 1 amide bonds. The highest BCUT2D eigenvalue weighted by atomic mass is 35.5. The van der Waals surface area contributed by atoms with Crippen LogP contribution in [0.3, 0.4) is 0 Å². The number of halogens is 2. The molecule has 0 atom stereocenters. The van der Waals surface area contributed by atoms with Crippen LogP contribution in [0.5, 0.6) is 0 Å². The van der Waals surface area contributed by atoms with E-state index < -0.39 is 5.60 Å². The highest BCUT2D eigenvalue weighted by Crippen LogP contribution is 2.24. The molecule has 0 saturated carbocycles. The van der Waals surface area contributed by atoms with Gasteiger partial charge in [-0.05, 0) is 43.6 Å². The molecule has 1 aliphatic heterocycles. The van der Waals surface area contributed by atoms with Crippen LogP contribution >= 0.6 is 24.8 Å². The van der Waals surface area contributed by atoms with Crippen LogP contribution in [0, 0.1) is 0 Å². The lowest BCUT2D eigenvalue weighted by Gasteiger charge is -2.34. The Kier molecular flexibility index (Phi) is 8.31. The third kappa shape index (κ3) is 5.15. The number of carbonyl (C=O) groups excluding carboxylic acids is 1. The van der Waals surface area contributed by atoms with Gasteiger partial charge < -0.3 is 15.4 Å². The molecule has 3 rings (SSSR count). The first kappa shape index (κ1) is 21.4. The number of nitrogens with one attached hydrogen (secondary N) is 2. The Morgan fingerprint density at radius 1 is 1.28 bits per heavy atom. The first-order valence-electron chi connectivity index (χ1n) is 7.70. The van der Waals surface area contributed by atoms with Crippen LogP contribution in [0.25, 0.3) is 0 Å². The van der Waals surface area contributed by atoms with Gasteiger partial charge in [0.1, 0.15) is 18.3 Å². The van der Waals surface area contributed by atoms with Crippen LogP contribution < -0.4 is 10.6 Å². The Morgan fingerprint density at radius 3 is 2.52 bits per heavy atom. The average Bonchev–Trinajstić information content (AvgIpc) is 3.10. The smallest absolute Gasteiger partial charge is 0.256 e. The van der Waals surface area contributed by atoms with Gasteiger partial charge in [0.15, 0.2) is 0 Å². The zero-order valence-corrected chi connectivity index (χ0v) is 15.6. The molecule has 2 heterocycles. The molecular formula is C16H23Cl2N5O2. The Labute approximate surface area is 159 Å². The summed E-state index contributed by atoms with van der Waals surface area (Å²) in [5, 5.41) is 10.3. The van der Waals surface area contributed by atoms with Crippen molar-refractivity contribution in [2.24, 2.45) is 0 Å². The van der Waals surface area contributed by atoms with E-state index in [0.29, 0.717) is 19.4 Å². The number of ether oxygens (including phenoxy) is 1. The van der Waals surface area contributed by atoms with Crippen LogP contribution in [0.2, 0.25) is 0 Å². The highest BCUT2D eigenvalue weighted by Gasteiger charge is 2.39. The van der Waals surface area contributed by atoms with Crippen molar-refractivity contribution in [3.63, 3.8) is 0 Å². The molecule has 1 saturated heterocycles. The number of carbonyl (C=O) groups is 1. The largest absolute Gasteiger partial charge is 0.368 e. The average molecular weight is 388 g/mol. The van der Waals surface area contributed by atoms with E-state index in [2.05, 4.69) is 20.7 Å². The number of rotatable bonds is 5. The van der Waals surface area contributed by atoms with E-state index >= 15 is 0 Å². The summed E-state index contributed by atoms with van der Waals surface area (Å²) in [6.45, 7) is 2.23. The number of anilines is 1. The minimum atomic E-state index is -0.731. The maximum absolute atomic E-state index is 12.6. The number of hydrogen-bond acceptors (Lipinski definition) is 5. The van der Waals surface area contributed by atoms with Gasteiger partial charge >= 0.3 is 0 Å². The number of nitrogens with zero attached hydrogens (tertiary/aromatic N) is 3. The van der Waals surface area contributed by atoms with Crippen molar-refractivity contribution >= 4 is 36.4 Å². The Morgan fingerprint density at radius 2 is 1.96 bits per heavy atom. The third-order valence-electron chi connectivity index (χ3n) is 4.24. The quantitative estimate of drug-likeness (QED) is 0.818. The number of amides is 1. The Balaban J connectivity index is 0.00000156. The molecule has 7 nitrogen and oxygen atoms in total. The van der Waals surface area contributed by atoms with Gasteiger partial charge in [-0.15, -0.1) is 24.8 Å². The molecule has 1 fully saturated rings. The van der Waals surface area contributed by atoms with Crippen molar-refractivity contribution in [2.75, 3.05) is 25.5 Å². The molecule has 1 aromatic carbocycles. The molecule has 25 heavy (non-hydrogen) atoms. The molecule has 1 aromatic heterocycles. The molecule has 0 aliphatic carbocycles. The van der Waals surface area contributed by atoms with Crippen LogP contribution in [-0.4, -0.2) is 46.5 Å². The molecular weight excluding hydrogens is 365 g/mol. The van der Waals surface area contributed by atoms with E-state index in [4.69, 9.17) is 4.74 Å². The van der Waals surface area contributed by atoms with Crippen LogP contribution in [0.15, 0.2) is 36.9 Å². The molecule has 9 heteroatoms. The molecule has 1 aliphatic rings. The summed E-state index contributed by atoms with van der Waals surface area (Å²) in [6.07, 6.45) is 4.55. The Hall–Kier alpha value is -1.67. The maximum atomic E-state index is 12.6. The lowest BCUT2D eigenvalue weighted by molar-refractivity contribution is -0.140. The van der Waals surface area contributed by atoms with Crippen molar-refractivity contribution in [3.05, 3.63) is 42.5 Å². The molecule has 2 aromatic rings. The van der Waals surface area contributed by atoms with Crippen LogP contribution in [0.1, 0.15) is 18.4 Å². The number of aromatic nitrogens is 3. The molecule has 0 spiro atoms. The standard InChI is InChI=1S/C16H21N5O2.2ClH/c1-23-16(6-8-17-9-7-16)15(22)20-14-4-2-13(3-5-14)10-21-12-18-11-19-21;;/h2-5,11-12,17H,6-10H2,1H3,(H,20,22);2*1H. The second kappa shape index (κ2) is 9.72. The van der Waals surface area contributed by atoms with Crippen molar-refractivity contribution in [1.82, 2.24) is 20.1 Å². The molecule has 138 valence electrons. The van der Waals surface area contributed by atoms with Gasteiger partial charge in [0.2, 0.25) is 0 Å². The number of piperidine rings is 1. The fraction of sp³-hybridized carbons (Fsp3) is 0.438. The predicted octanol–water partition coefficient (Wildman–Crippen LogP) is 1.88. The SMILES string of the molecule is COC1(C(=O)Nc2ccc(Cn3cncn3)cc2)CCNCC1.Cl.Cl. The number of benzene rings is 1. The molecule has 2 N–H and O–H groups in total. The van der Waals surface area contributed by atoms with Gasteiger partial charge in [0, 0.05) is 12.8 Å². The van der Waals surface area contributed by atoms with Crippen molar-refractivity contribution in [1.29, 1.82) is 0 Å². The lowest BCUT2D eigenvalue weighted by Crippen LogP contribution is -2.51. The van der Waals surface area contributed by atoms with Crippen LogP contribution in [-0.2, 0) is 16.1 Å². The maximum Gasteiger partial charge on any atom is 0.256 e. The zero-order chi connectivity index (χ0) is 16.1. The minimum absolute atomic E-state index is 0. The zero-order valence-electron chi connectivity index (χ0n) is 14.0. The summed E-state index contributed by atoms with van der Waals surface area (Å²) >= 11 is 0. The predicted molar refractivity (Wildman–Crippen MR) is 101 cm³/mol. The summed E-state index contributed by atoms with van der Waals surface area (Å²) < 4.78 is 7.29. The second-order valence-electron chi connectivity index (χ2n) is 5.69. The number of methoxy groups -OCH3 is 1. The fourth-order valence-corrected chi connectivity index (χ4v) is 2.79. The van der Waals surface area contributed by atoms with Gasteiger partial charge in [-0.25, -0.2) is 9.67 Å². The summed E-state index contributed by atoms with van der Waals surface area (Å²) in [4.78, 5) is 16.5. The molecule has 0 unspecified atom stereocenters. The molecule has 0 radical (unpaired) electrons. The minimum Gasteiger partial charge on any atom is -0.368 e. The second-order valence-corrected chi connectivity index (χ2v) is 5.69. The van der Waals surface area contributed by atoms with Gasteiger partial charge in [-0.3, -0.25) is 4.79 Å². The van der Waals surface area contributed by atoms with E-state index in [0.717, 1.165) is 24.3 Å². The van der Waals surface area contributed by atoms with E-state index in [1.54, 1.807) is 18.1 Å². The highest BCUT2D eigenvalue weighted by molar-refractivity contribution is 5.97. The topological polar surface area (TPSA) is 81.1 Å². The van der Waals surface area contributed by atoms with Gasteiger partial charge in [-0.1, -0.05) is 12.1 Å². The van der Waals surface area contributed by atoms with Crippen LogP contribution in [0.4, 0.5) is 5.69 Å². The van der Waals surface area contributed by atoms with Gasteiger partial charge in [-0.2, -0.15) is 5.10 Å². The van der Waals surface area contributed by atoms with Crippen molar-refractivity contribution in [3.8, 4) is 0 Å². The Bertz CT molecular complexity index is 643. The van der Waals surface area contributed by atoms with Gasteiger partial charge in [0.05, 0.1) is 6.54 Å².